The molecule has 32 heavy (non-hydrogen) atoms. The van der Waals surface area contributed by atoms with Gasteiger partial charge in [-0.1, -0.05) is 50.2 Å². The summed E-state index contributed by atoms with van der Waals surface area (Å²) >= 11 is 0. The number of carbonyl (C=O) groups is 2. The number of hydrogen-bond donors (Lipinski definition) is 0. The van der Waals surface area contributed by atoms with Crippen molar-refractivity contribution in [2.45, 2.75) is 26.8 Å². The summed E-state index contributed by atoms with van der Waals surface area (Å²) in [5, 5.41) is 5.56. The number of rotatable bonds is 4. The second kappa shape index (κ2) is 9.34. The topological polar surface area (TPSA) is 75.5 Å². The Hall–Kier alpha value is -3.48. The Morgan fingerprint density at radius 2 is 1.44 bits per heavy atom. The zero-order valence-electron chi connectivity index (χ0n) is 18.5. The largest absolute Gasteiger partial charge is 0.337 e. The Balaban J connectivity index is 1.60. The molecule has 2 heterocycles. The second-order valence-corrected chi connectivity index (χ2v) is 8.58. The van der Waals surface area contributed by atoms with Gasteiger partial charge in [0, 0.05) is 43.7 Å². The van der Waals surface area contributed by atoms with E-state index in [1.807, 2.05) is 50.2 Å². The van der Waals surface area contributed by atoms with Crippen molar-refractivity contribution in [1.82, 2.24) is 19.6 Å². The summed E-state index contributed by atoms with van der Waals surface area (Å²) in [7, 11) is 0. The van der Waals surface area contributed by atoms with Crippen LogP contribution in [0.2, 0.25) is 0 Å². The van der Waals surface area contributed by atoms with Gasteiger partial charge in [0.25, 0.3) is 17.4 Å². The molecule has 1 saturated heterocycles. The van der Waals surface area contributed by atoms with Gasteiger partial charge < -0.3 is 9.80 Å². The molecule has 0 radical (unpaired) electrons. The summed E-state index contributed by atoms with van der Waals surface area (Å²) < 4.78 is 1.41. The van der Waals surface area contributed by atoms with Gasteiger partial charge in [-0.2, -0.15) is 5.10 Å². The first-order valence-electron chi connectivity index (χ1n) is 11.1. The van der Waals surface area contributed by atoms with Crippen molar-refractivity contribution in [2.75, 3.05) is 26.2 Å². The van der Waals surface area contributed by atoms with Crippen molar-refractivity contribution >= 4 is 22.6 Å². The third-order valence-electron chi connectivity index (χ3n) is 5.70. The number of amides is 2. The van der Waals surface area contributed by atoms with Crippen LogP contribution in [0, 0.1) is 5.92 Å². The van der Waals surface area contributed by atoms with Gasteiger partial charge in [0.1, 0.15) is 0 Å². The summed E-state index contributed by atoms with van der Waals surface area (Å²) in [5.74, 6) is 0.00160. The predicted octanol–water partition coefficient (Wildman–Crippen LogP) is 3.04. The van der Waals surface area contributed by atoms with Crippen LogP contribution in [0.4, 0.5) is 0 Å². The third kappa shape index (κ3) is 4.42. The smallest absolute Gasteiger partial charge is 0.275 e. The molecule has 1 aromatic heterocycles. The van der Waals surface area contributed by atoms with Gasteiger partial charge in [-0.25, -0.2) is 4.68 Å². The van der Waals surface area contributed by atoms with Crippen LogP contribution < -0.4 is 5.56 Å². The first-order chi connectivity index (χ1) is 15.5. The van der Waals surface area contributed by atoms with E-state index in [1.54, 1.807) is 28.0 Å². The Morgan fingerprint density at radius 1 is 0.844 bits per heavy atom. The molecule has 3 aromatic rings. The molecule has 7 heteroatoms. The monoisotopic (exact) mass is 432 g/mol. The minimum atomic E-state index is -0.201. The average molecular weight is 433 g/mol. The minimum absolute atomic E-state index is 0.0195. The first kappa shape index (κ1) is 21.7. The molecule has 0 N–H and O–H groups in total. The van der Waals surface area contributed by atoms with Crippen molar-refractivity contribution in [1.29, 1.82) is 0 Å². The molecule has 0 saturated carbocycles. The van der Waals surface area contributed by atoms with Crippen LogP contribution in [0.25, 0.3) is 10.8 Å². The van der Waals surface area contributed by atoms with E-state index in [1.165, 1.54) is 4.68 Å². The summed E-state index contributed by atoms with van der Waals surface area (Å²) in [6, 6.07) is 16.3. The SMILES string of the molecule is CC(C)Cn1nc(C(=O)N2CCCN(C(=O)c3ccccc3)CC2)c2ccccc2c1=O. The van der Waals surface area contributed by atoms with Crippen molar-refractivity contribution in [3.8, 4) is 0 Å². The molecule has 0 aliphatic carbocycles. The fourth-order valence-corrected chi connectivity index (χ4v) is 4.10. The lowest BCUT2D eigenvalue weighted by atomic mass is 10.1. The highest BCUT2D eigenvalue weighted by molar-refractivity contribution is 6.04. The summed E-state index contributed by atoms with van der Waals surface area (Å²) in [6.45, 7) is 6.49. The maximum atomic E-state index is 13.5. The molecule has 0 atom stereocenters. The molecule has 4 rings (SSSR count). The van der Waals surface area contributed by atoms with Crippen molar-refractivity contribution in [3.63, 3.8) is 0 Å². The summed E-state index contributed by atoms with van der Waals surface area (Å²) in [6.07, 6.45) is 0.688. The lowest BCUT2D eigenvalue weighted by Gasteiger charge is -2.23. The highest BCUT2D eigenvalue weighted by atomic mass is 16.2. The highest BCUT2D eigenvalue weighted by Gasteiger charge is 2.26. The van der Waals surface area contributed by atoms with Crippen LogP contribution in [0.5, 0.6) is 0 Å². The van der Waals surface area contributed by atoms with E-state index in [2.05, 4.69) is 5.10 Å². The molecular formula is C25H28N4O3. The van der Waals surface area contributed by atoms with Gasteiger partial charge in [0.15, 0.2) is 5.69 Å². The summed E-state index contributed by atoms with van der Waals surface area (Å²) in [4.78, 5) is 42.7. The van der Waals surface area contributed by atoms with Crippen LogP contribution in [0.15, 0.2) is 59.4 Å². The van der Waals surface area contributed by atoms with Gasteiger partial charge in [-0.05, 0) is 30.5 Å². The van der Waals surface area contributed by atoms with Gasteiger partial charge in [0.2, 0.25) is 0 Å². The lowest BCUT2D eigenvalue weighted by Crippen LogP contribution is -2.38. The lowest BCUT2D eigenvalue weighted by molar-refractivity contribution is 0.0715. The molecule has 2 amide bonds. The Labute approximate surface area is 187 Å². The average Bonchev–Trinajstić information content (AvgIpc) is 3.07. The second-order valence-electron chi connectivity index (χ2n) is 8.58. The van der Waals surface area contributed by atoms with E-state index >= 15 is 0 Å². The normalized spacial score (nSPS) is 14.6. The fourth-order valence-electron chi connectivity index (χ4n) is 4.10. The van der Waals surface area contributed by atoms with Crippen molar-refractivity contribution in [2.24, 2.45) is 5.92 Å². The van der Waals surface area contributed by atoms with Gasteiger partial charge in [-0.3, -0.25) is 14.4 Å². The highest BCUT2D eigenvalue weighted by Crippen LogP contribution is 2.17. The van der Waals surface area contributed by atoms with Crippen LogP contribution in [0.1, 0.15) is 41.1 Å². The van der Waals surface area contributed by atoms with Crippen molar-refractivity contribution in [3.05, 3.63) is 76.2 Å². The number of hydrogen-bond acceptors (Lipinski definition) is 4. The van der Waals surface area contributed by atoms with E-state index in [4.69, 9.17) is 0 Å². The molecule has 0 unspecified atom stereocenters. The molecular weight excluding hydrogens is 404 g/mol. The van der Waals surface area contributed by atoms with Gasteiger partial charge in [-0.15, -0.1) is 0 Å². The van der Waals surface area contributed by atoms with E-state index in [9.17, 15) is 14.4 Å². The van der Waals surface area contributed by atoms with Crippen LogP contribution >= 0.6 is 0 Å². The molecule has 1 aliphatic heterocycles. The molecule has 166 valence electrons. The van der Waals surface area contributed by atoms with E-state index in [-0.39, 0.29) is 23.3 Å². The van der Waals surface area contributed by atoms with Crippen LogP contribution in [-0.4, -0.2) is 57.6 Å². The fraction of sp³-hybridized carbons (Fsp3) is 0.360. The molecule has 7 nitrogen and oxygen atoms in total. The first-order valence-corrected chi connectivity index (χ1v) is 11.1. The number of aromatic nitrogens is 2. The standard InChI is InChI=1S/C25H28N4O3/c1-18(2)17-29-24(31)21-12-7-6-11-20(21)22(26-29)25(32)28-14-8-13-27(15-16-28)23(30)19-9-4-3-5-10-19/h3-7,9-12,18H,8,13-17H2,1-2H3. The molecule has 2 aromatic carbocycles. The number of nitrogens with zero attached hydrogens (tertiary/aromatic N) is 4. The zero-order valence-corrected chi connectivity index (χ0v) is 18.5. The van der Waals surface area contributed by atoms with Crippen LogP contribution in [0.3, 0.4) is 0 Å². The summed E-state index contributed by atoms with van der Waals surface area (Å²) in [5.41, 5.74) is 0.769. The maximum Gasteiger partial charge on any atom is 0.275 e. The number of carbonyl (C=O) groups excluding carboxylic acids is 2. The molecule has 1 fully saturated rings. The van der Waals surface area contributed by atoms with Gasteiger partial charge in [0.05, 0.1) is 5.39 Å². The minimum Gasteiger partial charge on any atom is -0.337 e. The molecule has 0 bridgehead atoms. The van der Waals surface area contributed by atoms with E-state index < -0.39 is 0 Å². The molecule has 1 aliphatic rings. The Morgan fingerprint density at radius 3 is 2.09 bits per heavy atom. The predicted molar refractivity (Wildman–Crippen MR) is 124 cm³/mol. The van der Waals surface area contributed by atoms with Crippen molar-refractivity contribution < 1.29 is 9.59 Å². The molecule has 0 spiro atoms. The van der Waals surface area contributed by atoms with E-state index in [0.717, 1.165) is 0 Å². The van der Waals surface area contributed by atoms with E-state index in [0.29, 0.717) is 61.2 Å². The number of benzene rings is 2. The Kier molecular flexibility index (Phi) is 6.35. The Bertz CT molecular complexity index is 1190. The quantitative estimate of drug-likeness (QED) is 0.635. The van der Waals surface area contributed by atoms with Crippen LogP contribution in [-0.2, 0) is 6.54 Å². The number of fused-ring (bicyclic) bond motifs is 1. The third-order valence-corrected chi connectivity index (χ3v) is 5.70. The zero-order chi connectivity index (χ0) is 22.7. The maximum absolute atomic E-state index is 13.5. The van der Waals surface area contributed by atoms with Gasteiger partial charge >= 0.3 is 0 Å².